The van der Waals surface area contributed by atoms with Crippen LogP contribution in [0.25, 0.3) is 0 Å². The Morgan fingerprint density at radius 1 is 1.35 bits per heavy atom. The van der Waals surface area contributed by atoms with Gasteiger partial charge in [-0.3, -0.25) is 4.68 Å². The fourth-order valence-electron chi connectivity index (χ4n) is 2.27. The Bertz CT molecular complexity index is 321. The van der Waals surface area contributed by atoms with E-state index in [1.807, 2.05) is 11.7 Å². The number of nitrogens with zero attached hydrogens (tertiary/aromatic N) is 3. The van der Waals surface area contributed by atoms with Crippen LogP contribution in [0.1, 0.15) is 45.9 Å². The first-order valence-electron chi connectivity index (χ1n) is 6.65. The van der Waals surface area contributed by atoms with E-state index < -0.39 is 0 Å². The molecule has 0 aromatic carbocycles. The van der Waals surface area contributed by atoms with Crippen molar-refractivity contribution in [3.05, 3.63) is 12.2 Å². The maximum absolute atomic E-state index is 4.34. The van der Waals surface area contributed by atoms with E-state index in [1.54, 1.807) is 6.33 Å². The minimum Gasteiger partial charge on any atom is -0.316 e. The predicted molar refractivity (Wildman–Crippen MR) is 70.9 cm³/mol. The van der Waals surface area contributed by atoms with Gasteiger partial charge in [0.1, 0.15) is 12.2 Å². The first-order valence-corrected chi connectivity index (χ1v) is 6.65. The molecule has 17 heavy (non-hydrogen) atoms. The van der Waals surface area contributed by atoms with Crippen LogP contribution in [-0.2, 0) is 13.5 Å². The summed E-state index contributed by atoms with van der Waals surface area (Å²) >= 11 is 0. The molecule has 1 unspecified atom stereocenters. The molecule has 4 nitrogen and oxygen atoms in total. The monoisotopic (exact) mass is 238 g/mol. The fourth-order valence-corrected chi connectivity index (χ4v) is 2.27. The highest BCUT2D eigenvalue weighted by atomic mass is 15.3. The van der Waals surface area contributed by atoms with Gasteiger partial charge in [-0.1, -0.05) is 27.2 Å². The molecule has 1 N–H and O–H groups in total. The van der Waals surface area contributed by atoms with Crippen molar-refractivity contribution in [2.45, 2.75) is 46.5 Å². The van der Waals surface area contributed by atoms with Gasteiger partial charge in [-0.2, -0.15) is 5.10 Å². The van der Waals surface area contributed by atoms with Crippen molar-refractivity contribution >= 4 is 0 Å². The van der Waals surface area contributed by atoms with E-state index in [0.29, 0.717) is 0 Å². The Morgan fingerprint density at radius 2 is 2.12 bits per heavy atom. The molecule has 0 aliphatic rings. The van der Waals surface area contributed by atoms with E-state index in [-0.39, 0.29) is 5.41 Å². The molecule has 1 atom stereocenters. The molecule has 0 saturated carbocycles. The average Bonchev–Trinajstić information content (AvgIpc) is 2.65. The molecule has 0 aliphatic heterocycles. The number of rotatable bonds is 8. The van der Waals surface area contributed by atoms with Gasteiger partial charge in [0.25, 0.3) is 0 Å². The molecule has 0 radical (unpaired) electrons. The molecular formula is C13H26N4. The maximum Gasteiger partial charge on any atom is 0.138 e. The van der Waals surface area contributed by atoms with E-state index in [0.717, 1.165) is 25.3 Å². The summed E-state index contributed by atoms with van der Waals surface area (Å²) in [5, 5.41) is 7.68. The van der Waals surface area contributed by atoms with Gasteiger partial charge in [0.05, 0.1) is 0 Å². The summed E-state index contributed by atoms with van der Waals surface area (Å²) in [5.74, 6) is 1.08. The lowest BCUT2D eigenvalue weighted by atomic mass is 9.82. The second kappa shape index (κ2) is 6.74. The largest absolute Gasteiger partial charge is 0.316 e. The summed E-state index contributed by atoms with van der Waals surface area (Å²) in [6.07, 6.45) is 6.25. The predicted octanol–water partition coefficient (Wildman–Crippen LogP) is 2.16. The molecule has 1 rings (SSSR count). The van der Waals surface area contributed by atoms with Gasteiger partial charge in [-0.25, -0.2) is 4.98 Å². The van der Waals surface area contributed by atoms with Crippen LogP contribution in [0.4, 0.5) is 0 Å². The first kappa shape index (κ1) is 14.2. The molecule has 0 amide bonds. The lowest BCUT2D eigenvalue weighted by Gasteiger charge is -2.29. The van der Waals surface area contributed by atoms with Crippen LogP contribution in [0.3, 0.4) is 0 Å². The quantitative estimate of drug-likeness (QED) is 0.706. The molecule has 0 saturated heterocycles. The standard InChI is InChI=1S/C13H26N4/c1-5-7-13(3,10-14-8-6-2)9-12-15-11-16-17(12)4/h11,14H,5-10H2,1-4H3. The molecule has 1 aromatic heterocycles. The smallest absolute Gasteiger partial charge is 0.138 e. The van der Waals surface area contributed by atoms with Crippen LogP contribution in [0.15, 0.2) is 6.33 Å². The Morgan fingerprint density at radius 3 is 2.65 bits per heavy atom. The molecule has 0 bridgehead atoms. The SMILES string of the molecule is CCCNCC(C)(CCC)Cc1ncnn1C. The molecule has 4 heteroatoms. The van der Waals surface area contributed by atoms with E-state index >= 15 is 0 Å². The third-order valence-electron chi connectivity index (χ3n) is 3.22. The number of nitrogens with one attached hydrogen (secondary N) is 1. The summed E-state index contributed by atoms with van der Waals surface area (Å²) < 4.78 is 1.88. The van der Waals surface area contributed by atoms with E-state index in [9.17, 15) is 0 Å². The average molecular weight is 238 g/mol. The van der Waals surface area contributed by atoms with Crippen LogP contribution in [0.5, 0.6) is 0 Å². The zero-order chi connectivity index (χ0) is 12.7. The van der Waals surface area contributed by atoms with Crippen molar-refractivity contribution in [2.24, 2.45) is 12.5 Å². The highest BCUT2D eigenvalue weighted by Gasteiger charge is 2.25. The van der Waals surface area contributed by atoms with Crippen molar-refractivity contribution < 1.29 is 0 Å². The number of hydrogen-bond donors (Lipinski definition) is 1. The summed E-state index contributed by atoms with van der Waals surface area (Å²) in [4.78, 5) is 4.34. The van der Waals surface area contributed by atoms with Crippen molar-refractivity contribution in [3.8, 4) is 0 Å². The lowest BCUT2D eigenvalue weighted by molar-refractivity contribution is 0.267. The molecule has 98 valence electrons. The molecule has 0 spiro atoms. The van der Waals surface area contributed by atoms with Crippen LogP contribution < -0.4 is 5.32 Å². The van der Waals surface area contributed by atoms with E-state index in [2.05, 4.69) is 36.2 Å². The Hall–Kier alpha value is -0.900. The van der Waals surface area contributed by atoms with Crippen LogP contribution in [0, 0.1) is 5.41 Å². The molecular weight excluding hydrogens is 212 g/mol. The van der Waals surface area contributed by atoms with Gasteiger partial charge in [0, 0.05) is 20.0 Å². The van der Waals surface area contributed by atoms with E-state index in [1.165, 1.54) is 19.3 Å². The Kier molecular flexibility index (Phi) is 5.62. The highest BCUT2D eigenvalue weighted by molar-refractivity contribution is 4.92. The molecule has 1 heterocycles. The van der Waals surface area contributed by atoms with Gasteiger partial charge >= 0.3 is 0 Å². The normalized spacial score (nSPS) is 14.8. The zero-order valence-corrected chi connectivity index (χ0v) is 11.7. The summed E-state index contributed by atoms with van der Waals surface area (Å²) in [7, 11) is 1.97. The van der Waals surface area contributed by atoms with Crippen molar-refractivity contribution in [2.75, 3.05) is 13.1 Å². The van der Waals surface area contributed by atoms with Crippen molar-refractivity contribution in [3.63, 3.8) is 0 Å². The topological polar surface area (TPSA) is 42.7 Å². The lowest BCUT2D eigenvalue weighted by Crippen LogP contribution is -2.34. The number of aryl methyl sites for hydroxylation is 1. The third-order valence-corrected chi connectivity index (χ3v) is 3.22. The second-order valence-electron chi connectivity index (χ2n) is 5.21. The number of hydrogen-bond acceptors (Lipinski definition) is 3. The van der Waals surface area contributed by atoms with Crippen LogP contribution >= 0.6 is 0 Å². The third kappa shape index (κ3) is 4.46. The van der Waals surface area contributed by atoms with Crippen molar-refractivity contribution in [1.82, 2.24) is 20.1 Å². The van der Waals surface area contributed by atoms with Gasteiger partial charge < -0.3 is 5.32 Å². The minimum absolute atomic E-state index is 0.282. The van der Waals surface area contributed by atoms with Crippen molar-refractivity contribution in [1.29, 1.82) is 0 Å². The Labute approximate surface area is 105 Å². The highest BCUT2D eigenvalue weighted by Crippen LogP contribution is 2.26. The van der Waals surface area contributed by atoms with Gasteiger partial charge in [-0.05, 0) is 24.8 Å². The second-order valence-corrected chi connectivity index (χ2v) is 5.21. The van der Waals surface area contributed by atoms with Crippen LogP contribution in [0.2, 0.25) is 0 Å². The number of aromatic nitrogens is 3. The molecule has 0 aliphatic carbocycles. The Balaban J connectivity index is 2.60. The minimum atomic E-state index is 0.282. The van der Waals surface area contributed by atoms with Gasteiger partial charge in [-0.15, -0.1) is 0 Å². The summed E-state index contributed by atoms with van der Waals surface area (Å²) in [6, 6.07) is 0. The first-order chi connectivity index (χ1) is 8.11. The maximum atomic E-state index is 4.34. The molecule has 1 aromatic rings. The fraction of sp³-hybridized carbons (Fsp3) is 0.846. The van der Waals surface area contributed by atoms with E-state index in [4.69, 9.17) is 0 Å². The van der Waals surface area contributed by atoms with Gasteiger partial charge in [0.2, 0.25) is 0 Å². The van der Waals surface area contributed by atoms with Gasteiger partial charge in [0.15, 0.2) is 0 Å². The van der Waals surface area contributed by atoms with Crippen LogP contribution in [-0.4, -0.2) is 27.9 Å². The summed E-state index contributed by atoms with van der Waals surface area (Å²) in [6.45, 7) is 8.94. The summed E-state index contributed by atoms with van der Waals surface area (Å²) in [5.41, 5.74) is 0.282. The zero-order valence-electron chi connectivity index (χ0n) is 11.7. The molecule has 0 fully saturated rings.